The highest BCUT2D eigenvalue weighted by Crippen LogP contribution is 2.29. The summed E-state index contributed by atoms with van der Waals surface area (Å²) in [5.41, 5.74) is 0.238. The molecule has 0 aliphatic heterocycles. The molecular formula is C18H16F3NO3. The number of carbonyl (C=O) groups excluding carboxylic acids is 2. The molecule has 7 heteroatoms. The summed E-state index contributed by atoms with van der Waals surface area (Å²) in [4.78, 5) is 24.0. The first kappa shape index (κ1) is 18.5. The van der Waals surface area contributed by atoms with Gasteiger partial charge in [0.2, 0.25) is 0 Å². The van der Waals surface area contributed by atoms with E-state index in [0.717, 1.165) is 17.7 Å². The summed E-state index contributed by atoms with van der Waals surface area (Å²) in [5.74, 6) is -1.58. The lowest BCUT2D eigenvalue weighted by atomic mass is 10.1. The maximum absolute atomic E-state index is 12.7. The van der Waals surface area contributed by atoms with Crippen LogP contribution in [-0.2, 0) is 15.7 Å². The number of amides is 1. The van der Waals surface area contributed by atoms with Crippen molar-refractivity contribution in [2.45, 2.75) is 26.1 Å². The minimum Gasteiger partial charge on any atom is -0.449 e. The van der Waals surface area contributed by atoms with Gasteiger partial charge in [-0.3, -0.25) is 4.79 Å². The number of esters is 1. The van der Waals surface area contributed by atoms with Gasteiger partial charge in [-0.1, -0.05) is 18.2 Å². The Bertz CT molecular complexity index is 787. The maximum atomic E-state index is 12.7. The van der Waals surface area contributed by atoms with Crippen LogP contribution in [0.2, 0.25) is 0 Å². The molecule has 2 aromatic carbocycles. The zero-order valence-electron chi connectivity index (χ0n) is 13.6. The average molecular weight is 351 g/mol. The molecule has 0 radical (unpaired) electrons. The number of halogens is 3. The van der Waals surface area contributed by atoms with E-state index >= 15 is 0 Å². The van der Waals surface area contributed by atoms with Crippen LogP contribution in [0.4, 0.5) is 18.9 Å². The number of alkyl halides is 3. The van der Waals surface area contributed by atoms with Gasteiger partial charge in [0.25, 0.3) is 5.91 Å². The lowest BCUT2D eigenvalue weighted by Gasteiger charge is -2.14. The Kier molecular flexibility index (Phi) is 5.46. The molecule has 0 saturated heterocycles. The van der Waals surface area contributed by atoms with Gasteiger partial charge in [-0.05, 0) is 49.7 Å². The standard InChI is InChI=1S/C18H16F3NO3/c1-11-5-3-8-15(9-11)22-16(23)12(2)25-17(24)13-6-4-7-14(10-13)18(19,20)21/h3-10,12H,1-2H3,(H,22,23). The molecule has 2 rings (SSSR count). The number of carbonyl (C=O) groups is 2. The third-order valence-corrected chi connectivity index (χ3v) is 3.36. The molecule has 1 atom stereocenters. The number of aryl methyl sites for hydroxylation is 1. The molecule has 0 saturated carbocycles. The first-order valence-electron chi connectivity index (χ1n) is 7.42. The number of anilines is 1. The minimum absolute atomic E-state index is 0.273. The van der Waals surface area contributed by atoms with E-state index < -0.39 is 29.7 Å². The van der Waals surface area contributed by atoms with Gasteiger partial charge in [0.05, 0.1) is 11.1 Å². The molecule has 0 heterocycles. The Balaban J connectivity index is 2.03. The largest absolute Gasteiger partial charge is 0.449 e. The summed E-state index contributed by atoms with van der Waals surface area (Å²) in [7, 11) is 0. The topological polar surface area (TPSA) is 55.4 Å². The van der Waals surface area contributed by atoms with Crippen LogP contribution >= 0.6 is 0 Å². The van der Waals surface area contributed by atoms with E-state index in [1.807, 2.05) is 13.0 Å². The van der Waals surface area contributed by atoms with Gasteiger partial charge in [-0.2, -0.15) is 13.2 Å². The summed E-state index contributed by atoms with van der Waals surface area (Å²) < 4.78 is 43.0. The Labute approximate surface area is 142 Å². The second kappa shape index (κ2) is 7.38. The average Bonchev–Trinajstić information content (AvgIpc) is 2.54. The third-order valence-electron chi connectivity index (χ3n) is 3.36. The molecule has 0 bridgehead atoms. The quantitative estimate of drug-likeness (QED) is 0.840. The van der Waals surface area contributed by atoms with Crippen molar-refractivity contribution in [3.05, 3.63) is 65.2 Å². The molecule has 4 nitrogen and oxygen atoms in total. The van der Waals surface area contributed by atoms with Gasteiger partial charge >= 0.3 is 12.1 Å². The lowest BCUT2D eigenvalue weighted by Crippen LogP contribution is -2.30. The summed E-state index contributed by atoms with van der Waals surface area (Å²) in [6.07, 6.45) is -5.73. The molecule has 1 unspecified atom stereocenters. The van der Waals surface area contributed by atoms with Crippen LogP contribution in [0.5, 0.6) is 0 Å². The van der Waals surface area contributed by atoms with Crippen molar-refractivity contribution in [3.63, 3.8) is 0 Å². The Morgan fingerprint density at radius 2 is 1.76 bits per heavy atom. The number of hydrogen-bond donors (Lipinski definition) is 1. The van der Waals surface area contributed by atoms with Crippen LogP contribution in [0, 0.1) is 6.92 Å². The monoisotopic (exact) mass is 351 g/mol. The zero-order valence-corrected chi connectivity index (χ0v) is 13.6. The van der Waals surface area contributed by atoms with E-state index in [9.17, 15) is 22.8 Å². The fourth-order valence-electron chi connectivity index (χ4n) is 2.07. The van der Waals surface area contributed by atoms with Crippen molar-refractivity contribution in [2.75, 3.05) is 5.32 Å². The van der Waals surface area contributed by atoms with Gasteiger partial charge in [0, 0.05) is 5.69 Å². The Morgan fingerprint density at radius 1 is 1.08 bits per heavy atom. The summed E-state index contributed by atoms with van der Waals surface area (Å²) >= 11 is 0. The normalized spacial score (nSPS) is 12.4. The molecule has 0 aliphatic carbocycles. The molecule has 0 fully saturated rings. The summed E-state index contributed by atoms with van der Waals surface area (Å²) in [6.45, 7) is 3.20. The molecule has 0 aliphatic rings. The van der Waals surface area contributed by atoms with Crippen LogP contribution in [0.3, 0.4) is 0 Å². The molecule has 0 spiro atoms. The number of rotatable bonds is 4. The van der Waals surface area contributed by atoms with E-state index in [1.165, 1.54) is 13.0 Å². The van der Waals surface area contributed by atoms with Crippen molar-refractivity contribution in [2.24, 2.45) is 0 Å². The molecule has 132 valence electrons. The van der Waals surface area contributed by atoms with E-state index in [2.05, 4.69) is 5.32 Å². The van der Waals surface area contributed by atoms with Crippen molar-refractivity contribution in [1.82, 2.24) is 0 Å². The van der Waals surface area contributed by atoms with E-state index in [1.54, 1.807) is 18.2 Å². The minimum atomic E-state index is -4.57. The molecule has 1 N–H and O–H groups in total. The van der Waals surface area contributed by atoms with Crippen molar-refractivity contribution in [3.8, 4) is 0 Å². The highest BCUT2D eigenvalue weighted by atomic mass is 19.4. The van der Waals surface area contributed by atoms with Gasteiger partial charge in [-0.15, -0.1) is 0 Å². The highest BCUT2D eigenvalue weighted by molar-refractivity contribution is 5.97. The second-order valence-corrected chi connectivity index (χ2v) is 5.48. The van der Waals surface area contributed by atoms with E-state index in [-0.39, 0.29) is 5.56 Å². The van der Waals surface area contributed by atoms with Gasteiger partial charge in [-0.25, -0.2) is 4.79 Å². The Hall–Kier alpha value is -2.83. The molecule has 0 aromatic heterocycles. The van der Waals surface area contributed by atoms with Crippen LogP contribution in [0.15, 0.2) is 48.5 Å². The number of benzene rings is 2. The molecule has 25 heavy (non-hydrogen) atoms. The SMILES string of the molecule is Cc1cccc(NC(=O)C(C)OC(=O)c2cccc(C(F)(F)F)c2)c1. The fourth-order valence-corrected chi connectivity index (χ4v) is 2.07. The second-order valence-electron chi connectivity index (χ2n) is 5.48. The van der Waals surface area contributed by atoms with Crippen molar-refractivity contribution < 1.29 is 27.5 Å². The molecule has 2 aromatic rings. The number of hydrogen-bond acceptors (Lipinski definition) is 3. The van der Waals surface area contributed by atoms with Crippen LogP contribution in [0.25, 0.3) is 0 Å². The van der Waals surface area contributed by atoms with E-state index in [0.29, 0.717) is 11.8 Å². The van der Waals surface area contributed by atoms with Crippen LogP contribution < -0.4 is 5.32 Å². The number of nitrogens with one attached hydrogen (secondary N) is 1. The first-order valence-corrected chi connectivity index (χ1v) is 7.42. The lowest BCUT2D eigenvalue weighted by molar-refractivity contribution is -0.137. The molecular weight excluding hydrogens is 335 g/mol. The van der Waals surface area contributed by atoms with Gasteiger partial charge in [0.15, 0.2) is 6.10 Å². The van der Waals surface area contributed by atoms with Crippen molar-refractivity contribution >= 4 is 17.6 Å². The number of ether oxygens (including phenoxy) is 1. The Morgan fingerprint density at radius 3 is 2.40 bits per heavy atom. The highest BCUT2D eigenvalue weighted by Gasteiger charge is 2.31. The molecule has 1 amide bonds. The zero-order chi connectivity index (χ0) is 18.6. The van der Waals surface area contributed by atoms with E-state index in [4.69, 9.17) is 4.74 Å². The summed E-state index contributed by atoms with van der Waals surface area (Å²) in [6, 6.07) is 10.9. The van der Waals surface area contributed by atoms with Crippen LogP contribution in [0.1, 0.15) is 28.4 Å². The van der Waals surface area contributed by atoms with Gasteiger partial charge in [0.1, 0.15) is 0 Å². The van der Waals surface area contributed by atoms with Gasteiger partial charge < -0.3 is 10.1 Å². The maximum Gasteiger partial charge on any atom is 0.416 e. The van der Waals surface area contributed by atoms with Crippen LogP contribution in [-0.4, -0.2) is 18.0 Å². The third kappa shape index (κ3) is 5.07. The van der Waals surface area contributed by atoms with Crippen molar-refractivity contribution in [1.29, 1.82) is 0 Å². The fraction of sp³-hybridized carbons (Fsp3) is 0.222. The predicted octanol–water partition coefficient (Wildman–Crippen LogP) is 4.20. The predicted molar refractivity (Wildman–Crippen MR) is 86.1 cm³/mol. The first-order chi connectivity index (χ1) is 11.7. The summed E-state index contributed by atoms with van der Waals surface area (Å²) in [5, 5.41) is 2.58. The smallest absolute Gasteiger partial charge is 0.416 e.